The van der Waals surface area contributed by atoms with Gasteiger partial charge in [-0.05, 0) is 59.1 Å². The zero-order valence-corrected chi connectivity index (χ0v) is 17.5. The summed E-state index contributed by atoms with van der Waals surface area (Å²) in [7, 11) is -5.61. The summed E-state index contributed by atoms with van der Waals surface area (Å²) in [5.41, 5.74) is -4.11. The second kappa shape index (κ2) is 6.98. The van der Waals surface area contributed by atoms with Crippen molar-refractivity contribution in [2.45, 2.75) is 69.4 Å². The Hall–Kier alpha value is -1.14. The minimum atomic E-state index is -4.92. The number of sulfonamides is 1. The van der Waals surface area contributed by atoms with Crippen molar-refractivity contribution in [3.8, 4) is 0 Å². The molecule has 1 aliphatic rings. The van der Waals surface area contributed by atoms with Crippen molar-refractivity contribution in [1.29, 1.82) is 0 Å². The Bertz CT molecular complexity index is 837. The SMILES string of the molecule is CC(C)(CO)NS(=O)(=O)c1ccc(B2OC(C)(C)C(C)(C)O2)cc1C(F)(F)F. The van der Waals surface area contributed by atoms with Crippen molar-refractivity contribution in [1.82, 2.24) is 4.72 Å². The van der Waals surface area contributed by atoms with E-state index in [1.165, 1.54) is 19.9 Å². The van der Waals surface area contributed by atoms with Gasteiger partial charge >= 0.3 is 13.3 Å². The Morgan fingerprint density at radius 2 is 1.61 bits per heavy atom. The van der Waals surface area contributed by atoms with Gasteiger partial charge in [-0.2, -0.15) is 13.2 Å². The molecule has 1 fully saturated rings. The number of hydrogen-bond donors (Lipinski definition) is 2. The van der Waals surface area contributed by atoms with E-state index in [4.69, 9.17) is 9.31 Å². The molecule has 1 aromatic carbocycles. The zero-order valence-electron chi connectivity index (χ0n) is 16.6. The summed E-state index contributed by atoms with van der Waals surface area (Å²) in [5, 5.41) is 9.24. The molecule has 0 radical (unpaired) electrons. The molecule has 0 amide bonds. The largest absolute Gasteiger partial charge is 0.494 e. The lowest BCUT2D eigenvalue weighted by atomic mass is 9.78. The Labute approximate surface area is 163 Å². The molecule has 11 heteroatoms. The first-order valence-electron chi connectivity index (χ1n) is 8.63. The highest BCUT2D eigenvalue weighted by Crippen LogP contribution is 2.38. The lowest BCUT2D eigenvalue weighted by Gasteiger charge is -2.32. The molecule has 0 unspecified atom stereocenters. The molecule has 0 bridgehead atoms. The van der Waals surface area contributed by atoms with Gasteiger partial charge in [-0.25, -0.2) is 13.1 Å². The molecule has 2 rings (SSSR count). The van der Waals surface area contributed by atoms with E-state index in [9.17, 15) is 26.7 Å². The van der Waals surface area contributed by atoms with Crippen molar-refractivity contribution in [2.75, 3.05) is 6.61 Å². The van der Waals surface area contributed by atoms with E-state index in [1.807, 2.05) is 0 Å². The molecule has 6 nitrogen and oxygen atoms in total. The number of alkyl halides is 3. The summed E-state index contributed by atoms with van der Waals surface area (Å²) in [6.45, 7) is 9.18. The molecule has 1 heterocycles. The van der Waals surface area contributed by atoms with Gasteiger partial charge in [0.25, 0.3) is 0 Å². The average molecular weight is 423 g/mol. The van der Waals surface area contributed by atoms with Gasteiger partial charge in [-0.15, -0.1) is 0 Å². The average Bonchev–Trinajstić information content (AvgIpc) is 2.73. The Morgan fingerprint density at radius 1 is 1.11 bits per heavy atom. The molecular weight excluding hydrogens is 398 g/mol. The Morgan fingerprint density at radius 3 is 2.04 bits per heavy atom. The third-order valence-electron chi connectivity index (χ3n) is 4.93. The van der Waals surface area contributed by atoms with Crippen LogP contribution in [0.1, 0.15) is 47.1 Å². The molecule has 1 aliphatic heterocycles. The lowest BCUT2D eigenvalue weighted by Crippen LogP contribution is -2.46. The first-order chi connectivity index (χ1) is 12.4. The fourth-order valence-corrected chi connectivity index (χ4v) is 4.19. The summed E-state index contributed by atoms with van der Waals surface area (Å²) in [5.74, 6) is 0. The van der Waals surface area contributed by atoms with Crippen LogP contribution in [0.5, 0.6) is 0 Å². The quantitative estimate of drug-likeness (QED) is 0.709. The first kappa shape index (κ1) is 23.1. The van der Waals surface area contributed by atoms with Gasteiger partial charge < -0.3 is 14.4 Å². The Kier molecular flexibility index (Phi) is 5.77. The van der Waals surface area contributed by atoms with Crippen LogP contribution in [-0.4, -0.2) is 44.0 Å². The maximum Gasteiger partial charge on any atom is 0.494 e. The number of rotatable bonds is 5. The molecule has 0 saturated carbocycles. The van der Waals surface area contributed by atoms with Gasteiger partial charge in [0.05, 0.1) is 33.8 Å². The van der Waals surface area contributed by atoms with E-state index in [0.29, 0.717) is 0 Å². The summed E-state index contributed by atoms with van der Waals surface area (Å²) < 4.78 is 79.6. The van der Waals surface area contributed by atoms with Crippen LogP contribution in [0.15, 0.2) is 23.1 Å². The smallest absolute Gasteiger partial charge is 0.399 e. The van der Waals surface area contributed by atoms with Crippen LogP contribution < -0.4 is 10.2 Å². The third-order valence-corrected chi connectivity index (χ3v) is 6.69. The maximum absolute atomic E-state index is 13.6. The van der Waals surface area contributed by atoms with Crippen LogP contribution in [0.2, 0.25) is 0 Å². The van der Waals surface area contributed by atoms with E-state index >= 15 is 0 Å². The number of benzene rings is 1. The molecule has 28 heavy (non-hydrogen) atoms. The van der Waals surface area contributed by atoms with Crippen LogP contribution in [0.25, 0.3) is 0 Å². The van der Waals surface area contributed by atoms with Gasteiger partial charge in [0.2, 0.25) is 10.0 Å². The topological polar surface area (TPSA) is 84.9 Å². The predicted octanol–water partition coefficient (Wildman–Crippen LogP) is 2.05. The minimum Gasteiger partial charge on any atom is -0.399 e. The van der Waals surface area contributed by atoms with Gasteiger partial charge in [0, 0.05) is 0 Å². The molecule has 0 spiro atoms. The first-order valence-corrected chi connectivity index (χ1v) is 10.1. The number of nitrogens with one attached hydrogen (secondary N) is 1. The summed E-state index contributed by atoms with van der Waals surface area (Å²) in [6, 6.07) is 2.83. The standard InChI is InChI=1S/C17H25BF3NO5S/c1-14(2,10-23)22-28(24,25)13-8-7-11(9-12(13)17(19,20)21)18-26-15(3,4)16(5,6)27-18/h7-9,22-23H,10H2,1-6H3. The molecule has 1 aromatic rings. The molecule has 2 N–H and O–H groups in total. The number of aliphatic hydroxyl groups excluding tert-OH is 1. The summed E-state index contributed by atoms with van der Waals surface area (Å²) in [4.78, 5) is -0.929. The van der Waals surface area contributed by atoms with Crippen LogP contribution in [0, 0.1) is 0 Å². The van der Waals surface area contributed by atoms with Crippen LogP contribution in [-0.2, 0) is 25.5 Å². The highest BCUT2D eigenvalue weighted by molar-refractivity contribution is 7.89. The van der Waals surface area contributed by atoms with Crippen molar-refractivity contribution in [2.24, 2.45) is 0 Å². The van der Waals surface area contributed by atoms with Gasteiger partial charge in [0.1, 0.15) is 0 Å². The van der Waals surface area contributed by atoms with Crippen molar-refractivity contribution in [3.05, 3.63) is 23.8 Å². The molecular formula is C17H25BF3NO5S. The van der Waals surface area contributed by atoms with Gasteiger partial charge in [0.15, 0.2) is 0 Å². The van der Waals surface area contributed by atoms with Crippen LogP contribution in [0.3, 0.4) is 0 Å². The van der Waals surface area contributed by atoms with Crippen molar-refractivity contribution >= 4 is 22.6 Å². The van der Waals surface area contributed by atoms with E-state index in [2.05, 4.69) is 4.72 Å². The van der Waals surface area contributed by atoms with E-state index in [0.717, 1.165) is 12.1 Å². The second-order valence-electron chi connectivity index (χ2n) is 8.49. The monoisotopic (exact) mass is 423 g/mol. The summed E-state index contributed by atoms with van der Waals surface area (Å²) >= 11 is 0. The minimum absolute atomic E-state index is 0.0614. The predicted molar refractivity (Wildman–Crippen MR) is 98.6 cm³/mol. The molecule has 1 saturated heterocycles. The molecule has 0 atom stereocenters. The molecule has 0 aromatic heterocycles. The zero-order chi connectivity index (χ0) is 21.8. The van der Waals surface area contributed by atoms with Crippen molar-refractivity contribution in [3.63, 3.8) is 0 Å². The molecule has 158 valence electrons. The fourth-order valence-electron chi connectivity index (χ4n) is 2.58. The second-order valence-corrected chi connectivity index (χ2v) is 10.1. The van der Waals surface area contributed by atoms with Crippen molar-refractivity contribution < 1.29 is 36.0 Å². The lowest BCUT2D eigenvalue weighted by molar-refractivity contribution is -0.139. The van der Waals surface area contributed by atoms with Crippen LogP contribution in [0.4, 0.5) is 13.2 Å². The van der Waals surface area contributed by atoms with E-state index in [1.54, 1.807) is 27.7 Å². The number of aliphatic hydroxyl groups is 1. The summed E-state index contributed by atoms with van der Waals surface area (Å²) in [6.07, 6.45) is -4.92. The van der Waals surface area contributed by atoms with E-state index < -0.39 is 57.1 Å². The number of halogens is 3. The highest BCUT2D eigenvalue weighted by Gasteiger charge is 2.52. The normalized spacial score (nSPS) is 19.9. The Balaban J connectivity index is 2.52. The van der Waals surface area contributed by atoms with Gasteiger partial charge in [-0.3, -0.25) is 0 Å². The third kappa shape index (κ3) is 4.54. The molecule has 0 aliphatic carbocycles. The number of hydrogen-bond acceptors (Lipinski definition) is 5. The van der Waals surface area contributed by atoms with Crippen LogP contribution >= 0.6 is 0 Å². The fraction of sp³-hybridized carbons (Fsp3) is 0.647. The van der Waals surface area contributed by atoms with Gasteiger partial charge in [-0.1, -0.05) is 6.07 Å². The maximum atomic E-state index is 13.6. The van der Waals surface area contributed by atoms with E-state index in [-0.39, 0.29) is 5.46 Å². The highest BCUT2D eigenvalue weighted by atomic mass is 32.2.